The number of benzene rings is 2. The predicted octanol–water partition coefficient (Wildman–Crippen LogP) is 4.22. The Morgan fingerprint density at radius 3 is 2.31 bits per heavy atom. The van der Waals surface area contributed by atoms with Gasteiger partial charge in [-0.25, -0.2) is 14.0 Å². The molecule has 5 rings (SSSR count). The molecule has 1 amide bonds. The van der Waals surface area contributed by atoms with E-state index in [1.807, 2.05) is 48.5 Å². The van der Waals surface area contributed by atoms with Crippen molar-refractivity contribution in [3.8, 4) is 11.1 Å². The molecular weight excluding hydrogens is 411 g/mol. The van der Waals surface area contributed by atoms with Crippen LogP contribution in [0.3, 0.4) is 0 Å². The Morgan fingerprint density at radius 2 is 1.72 bits per heavy atom. The maximum Gasteiger partial charge on any atom is 0.409 e. The maximum absolute atomic E-state index is 15.5. The zero-order chi connectivity index (χ0) is 22.3. The minimum atomic E-state index is -2.60. The van der Waals surface area contributed by atoms with Gasteiger partial charge in [0.05, 0.1) is 12.5 Å². The summed E-state index contributed by atoms with van der Waals surface area (Å²) >= 11 is 0. The van der Waals surface area contributed by atoms with Crippen molar-refractivity contribution < 1.29 is 23.8 Å². The van der Waals surface area contributed by atoms with E-state index in [1.165, 1.54) is 12.4 Å². The summed E-state index contributed by atoms with van der Waals surface area (Å²) in [5.41, 5.74) is 2.19. The Labute approximate surface area is 184 Å². The van der Waals surface area contributed by atoms with E-state index in [2.05, 4.69) is 4.98 Å². The monoisotopic (exact) mass is 432 g/mol. The van der Waals surface area contributed by atoms with Crippen molar-refractivity contribution in [3.63, 3.8) is 0 Å². The first kappa shape index (κ1) is 20.2. The molecule has 2 atom stereocenters. The van der Waals surface area contributed by atoms with Gasteiger partial charge in [-0.05, 0) is 33.9 Å². The highest BCUT2D eigenvalue weighted by atomic mass is 19.1. The maximum atomic E-state index is 15.5. The molecule has 0 saturated carbocycles. The Kier molecular flexibility index (Phi) is 4.89. The fourth-order valence-corrected chi connectivity index (χ4v) is 4.81. The molecule has 162 valence electrons. The summed E-state index contributed by atoms with van der Waals surface area (Å²) in [6, 6.07) is 19.2. The van der Waals surface area contributed by atoms with Gasteiger partial charge in [0.15, 0.2) is 0 Å². The van der Waals surface area contributed by atoms with E-state index < -0.39 is 30.2 Å². The number of ether oxygens (including phenoxy) is 1. The number of rotatable bonds is 4. The Hall–Kier alpha value is -3.74. The number of carbonyl (C=O) groups excluding carboxylic acids is 1. The molecule has 32 heavy (non-hydrogen) atoms. The highest BCUT2D eigenvalue weighted by Gasteiger charge is 2.55. The molecule has 1 aliphatic carbocycles. The van der Waals surface area contributed by atoms with E-state index in [4.69, 9.17) is 4.74 Å². The van der Waals surface area contributed by atoms with Gasteiger partial charge in [-0.2, -0.15) is 0 Å². The number of alkyl halides is 1. The third-order valence-electron chi connectivity index (χ3n) is 6.41. The van der Waals surface area contributed by atoms with Crippen LogP contribution in [0.2, 0.25) is 0 Å². The minimum absolute atomic E-state index is 0.0906. The lowest BCUT2D eigenvalue weighted by Crippen LogP contribution is -2.42. The summed E-state index contributed by atoms with van der Waals surface area (Å²) in [4.78, 5) is 29.7. The molecule has 0 radical (unpaired) electrons. The van der Waals surface area contributed by atoms with Gasteiger partial charge in [0.1, 0.15) is 6.61 Å². The Morgan fingerprint density at radius 1 is 1.06 bits per heavy atom. The standard InChI is InChI=1S/C25H21FN2O4/c26-25(23(29)30)15-28(13-22(25)16-6-5-11-27-12-16)24(31)32-14-21-19-9-3-1-7-17(19)18-8-2-4-10-20(18)21/h1-12,21-22H,13-15H2,(H,29,30)/t22-,25-/m1/s1. The van der Waals surface area contributed by atoms with Crippen molar-refractivity contribution >= 4 is 12.1 Å². The summed E-state index contributed by atoms with van der Waals surface area (Å²) in [5, 5.41) is 9.55. The number of hydrogen-bond donors (Lipinski definition) is 1. The number of carboxylic acids is 1. The highest BCUT2D eigenvalue weighted by molar-refractivity contribution is 5.82. The van der Waals surface area contributed by atoms with Crippen molar-refractivity contribution in [1.82, 2.24) is 9.88 Å². The van der Waals surface area contributed by atoms with Crippen LogP contribution in [0, 0.1) is 0 Å². The normalized spacial score (nSPS) is 21.8. The number of aliphatic carboxylic acids is 1. The number of carbonyl (C=O) groups is 2. The van der Waals surface area contributed by atoms with E-state index in [9.17, 15) is 14.7 Å². The number of halogens is 1. The number of likely N-dealkylation sites (tertiary alicyclic amines) is 1. The predicted molar refractivity (Wildman–Crippen MR) is 115 cm³/mol. The van der Waals surface area contributed by atoms with Crippen LogP contribution in [0.5, 0.6) is 0 Å². The van der Waals surface area contributed by atoms with Gasteiger partial charge in [0, 0.05) is 24.9 Å². The molecule has 0 unspecified atom stereocenters. The van der Waals surface area contributed by atoms with Crippen molar-refractivity contribution in [2.75, 3.05) is 19.7 Å². The lowest BCUT2D eigenvalue weighted by molar-refractivity contribution is -0.150. The van der Waals surface area contributed by atoms with Gasteiger partial charge in [0.2, 0.25) is 5.67 Å². The molecule has 2 aromatic carbocycles. The fraction of sp³-hybridized carbons (Fsp3) is 0.240. The average molecular weight is 432 g/mol. The van der Waals surface area contributed by atoms with Crippen LogP contribution in [0.25, 0.3) is 11.1 Å². The van der Waals surface area contributed by atoms with Crippen molar-refractivity contribution in [2.24, 2.45) is 0 Å². The largest absolute Gasteiger partial charge is 0.479 e. The average Bonchev–Trinajstić information content (AvgIpc) is 3.34. The second-order valence-electron chi connectivity index (χ2n) is 8.19. The summed E-state index contributed by atoms with van der Waals surface area (Å²) in [6.45, 7) is -0.572. The number of nitrogens with zero attached hydrogens (tertiary/aromatic N) is 2. The number of aromatic nitrogens is 1. The summed E-state index contributed by atoms with van der Waals surface area (Å²) < 4.78 is 21.0. The zero-order valence-corrected chi connectivity index (χ0v) is 17.1. The molecule has 1 fully saturated rings. The number of fused-ring (bicyclic) bond motifs is 3. The van der Waals surface area contributed by atoms with Crippen LogP contribution in [0.15, 0.2) is 73.1 Å². The third-order valence-corrected chi connectivity index (χ3v) is 6.41. The van der Waals surface area contributed by atoms with Crippen LogP contribution in [-0.4, -0.2) is 52.4 Å². The van der Waals surface area contributed by atoms with Crippen molar-refractivity contribution in [3.05, 3.63) is 89.7 Å². The first-order valence-corrected chi connectivity index (χ1v) is 10.4. The topological polar surface area (TPSA) is 79.7 Å². The van der Waals surface area contributed by atoms with Crippen LogP contribution in [0.1, 0.15) is 28.5 Å². The molecular formula is C25H21FN2O4. The van der Waals surface area contributed by atoms with E-state index in [0.29, 0.717) is 5.56 Å². The second kappa shape index (κ2) is 7.75. The molecule has 2 heterocycles. The van der Waals surface area contributed by atoms with Gasteiger partial charge in [-0.3, -0.25) is 4.98 Å². The van der Waals surface area contributed by atoms with E-state index in [-0.39, 0.29) is 19.1 Å². The van der Waals surface area contributed by atoms with E-state index in [1.54, 1.807) is 12.1 Å². The van der Waals surface area contributed by atoms with Crippen molar-refractivity contribution in [1.29, 1.82) is 0 Å². The van der Waals surface area contributed by atoms with Gasteiger partial charge in [-0.15, -0.1) is 0 Å². The number of carboxylic acid groups (broad SMARTS) is 1. The van der Waals surface area contributed by atoms with E-state index >= 15 is 4.39 Å². The van der Waals surface area contributed by atoms with Crippen LogP contribution >= 0.6 is 0 Å². The van der Waals surface area contributed by atoms with Crippen LogP contribution < -0.4 is 0 Å². The highest BCUT2D eigenvalue weighted by Crippen LogP contribution is 2.45. The molecule has 0 spiro atoms. The molecule has 1 saturated heterocycles. The Balaban J connectivity index is 1.35. The van der Waals surface area contributed by atoms with Gasteiger partial charge >= 0.3 is 12.1 Å². The molecule has 1 aliphatic heterocycles. The molecule has 1 aromatic heterocycles. The summed E-state index contributed by atoms with van der Waals surface area (Å²) in [7, 11) is 0. The quantitative estimate of drug-likeness (QED) is 0.668. The van der Waals surface area contributed by atoms with Gasteiger partial charge in [0.25, 0.3) is 0 Å². The van der Waals surface area contributed by atoms with E-state index in [0.717, 1.165) is 27.2 Å². The van der Waals surface area contributed by atoms with Crippen LogP contribution in [-0.2, 0) is 9.53 Å². The molecule has 0 bridgehead atoms. The van der Waals surface area contributed by atoms with Gasteiger partial charge < -0.3 is 14.7 Å². The molecule has 6 nitrogen and oxygen atoms in total. The minimum Gasteiger partial charge on any atom is -0.479 e. The third kappa shape index (κ3) is 3.21. The van der Waals surface area contributed by atoms with Gasteiger partial charge in [-0.1, -0.05) is 54.6 Å². The van der Waals surface area contributed by atoms with Crippen LogP contribution in [0.4, 0.5) is 9.18 Å². The number of hydrogen-bond acceptors (Lipinski definition) is 4. The lowest BCUT2D eigenvalue weighted by Gasteiger charge is -2.21. The lowest BCUT2D eigenvalue weighted by atomic mass is 9.87. The second-order valence-corrected chi connectivity index (χ2v) is 8.19. The number of amides is 1. The first-order chi connectivity index (χ1) is 15.5. The summed E-state index contributed by atoms with van der Waals surface area (Å²) in [6.07, 6.45) is 2.24. The summed E-state index contributed by atoms with van der Waals surface area (Å²) in [5.74, 6) is -2.74. The fourth-order valence-electron chi connectivity index (χ4n) is 4.81. The smallest absolute Gasteiger partial charge is 0.409 e. The molecule has 2 aliphatic rings. The molecule has 3 aromatic rings. The first-order valence-electron chi connectivity index (χ1n) is 10.4. The molecule has 1 N–H and O–H groups in total. The molecule has 7 heteroatoms. The SMILES string of the molecule is O=C(OCC1c2ccccc2-c2ccccc21)N1C[C@H](c2cccnc2)[C@@](F)(C(=O)O)C1. The number of pyridine rings is 1. The Bertz CT molecular complexity index is 1140. The van der Waals surface area contributed by atoms with Crippen molar-refractivity contribution in [2.45, 2.75) is 17.5 Å². The zero-order valence-electron chi connectivity index (χ0n) is 17.1.